The molecule has 1 saturated heterocycles. The summed E-state index contributed by atoms with van der Waals surface area (Å²) in [5.74, 6) is 0.948. The van der Waals surface area contributed by atoms with Crippen LogP contribution in [0.3, 0.4) is 0 Å². The second-order valence-electron chi connectivity index (χ2n) is 5.73. The Bertz CT molecular complexity index is 479. The summed E-state index contributed by atoms with van der Waals surface area (Å²) >= 11 is 1.88. The van der Waals surface area contributed by atoms with E-state index in [0.717, 1.165) is 24.3 Å². The second kappa shape index (κ2) is 7.71. The average molecular weight is 308 g/mol. The van der Waals surface area contributed by atoms with Gasteiger partial charge in [-0.15, -0.1) is 0 Å². The molecule has 0 radical (unpaired) electrons. The standard InChI is InChI=1S/C16H24N2O2S/c1-12(2)21-11-13-5-3-6-14(9-13)17-16(20)18-8-4-7-15(19)10-18/h3,5-6,9,12,15,19H,4,7-8,10-11H2,1-2H3,(H,17,20). The first kappa shape index (κ1) is 16.2. The van der Waals surface area contributed by atoms with Crippen molar-refractivity contribution in [1.82, 2.24) is 4.90 Å². The van der Waals surface area contributed by atoms with E-state index in [2.05, 4.69) is 25.2 Å². The predicted octanol–water partition coefficient (Wildman–Crippen LogP) is 3.32. The molecule has 0 aliphatic carbocycles. The van der Waals surface area contributed by atoms with Crippen LogP contribution >= 0.6 is 11.8 Å². The lowest BCUT2D eigenvalue weighted by molar-refractivity contribution is 0.0883. The summed E-state index contributed by atoms with van der Waals surface area (Å²) < 4.78 is 0. The number of thioether (sulfide) groups is 1. The smallest absolute Gasteiger partial charge is 0.321 e. The van der Waals surface area contributed by atoms with E-state index in [1.54, 1.807) is 4.90 Å². The van der Waals surface area contributed by atoms with Crippen LogP contribution in [0.5, 0.6) is 0 Å². The first-order chi connectivity index (χ1) is 10.0. The Morgan fingerprint density at radius 3 is 3.05 bits per heavy atom. The Balaban J connectivity index is 1.92. The molecule has 0 spiro atoms. The van der Waals surface area contributed by atoms with E-state index in [1.165, 1.54) is 5.56 Å². The molecular weight excluding hydrogens is 284 g/mol. The number of anilines is 1. The lowest BCUT2D eigenvalue weighted by Crippen LogP contribution is -2.44. The van der Waals surface area contributed by atoms with Crippen molar-refractivity contribution in [3.8, 4) is 0 Å². The van der Waals surface area contributed by atoms with Gasteiger partial charge in [0.05, 0.1) is 6.10 Å². The largest absolute Gasteiger partial charge is 0.391 e. The van der Waals surface area contributed by atoms with E-state index < -0.39 is 6.10 Å². The van der Waals surface area contributed by atoms with Crippen LogP contribution in [-0.2, 0) is 5.75 Å². The zero-order chi connectivity index (χ0) is 15.2. The molecule has 1 aromatic rings. The molecule has 4 nitrogen and oxygen atoms in total. The number of amides is 2. The van der Waals surface area contributed by atoms with Crippen molar-refractivity contribution in [2.45, 2.75) is 43.8 Å². The van der Waals surface area contributed by atoms with Crippen LogP contribution in [0.4, 0.5) is 10.5 Å². The molecule has 2 rings (SSSR count). The topological polar surface area (TPSA) is 52.6 Å². The van der Waals surface area contributed by atoms with E-state index in [-0.39, 0.29) is 6.03 Å². The molecule has 0 aromatic heterocycles. The van der Waals surface area contributed by atoms with Gasteiger partial charge in [-0.1, -0.05) is 26.0 Å². The molecule has 1 fully saturated rings. The fourth-order valence-corrected chi connectivity index (χ4v) is 3.05. The molecule has 5 heteroatoms. The summed E-state index contributed by atoms with van der Waals surface area (Å²) in [7, 11) is 0. The average Bonchev–Trinajstić information content (AvgIpc) is 2.45. The van der Waals surface area contributed by atoms with Crippen LogP contribution < -0.4 is 5.32 Å². The van der Waals surface area contributed by atoms with Crippen LogP contribution in [0, 0.1) is 0 Å². The lowest BCUT2D eigenvalue weighted by atomic mass is 10.1. The van der Waals surface area contributed by atoms with E-state index in [4.69, 9.17) is 0 Å². The fourth-order valence-electron chi connectivity index (χ4n) is 2.34. The highest BCUT2D eigenvalue weighted by Gasteiger charge is 2.21. The highest BCUT2D eigenvalue weighted by Crippen LogP contribution is 2.20. The third-order valence-corrected chi connectivity index (χ3v) is 4.61. The maximum absolute atomic E-state index is 12.2. The van der Waals surface area contributed by atoms with Gasteiger partial charge in [-0.05, 0) is 35.8 Å². The van der Waals surface area contributed by atoms with Crippen LogP contribution in [0.25, 0.3) is 0 Å². The van der Waals surface area contributed by atoms with Gasteiger partial charge in [0, 0.05) is 24.5 Å². The van der Waals surface area contributed by atoms with Crippen molar-refractivity contribution in [1.29, 1.82) is 0 Å². The number of β-amino-alcohol motifs (C(OH)–C–C–N with tert-alkyl or cyclic N) is 1. The van der Waals surface area contributed by atoms with Gasteiger partial charge in [-0.2, -0.15) is 11.8 Å². The van der Waals surface area contributed by atoms with Gasteiger partial charge in [0.25, 0.3) is 0 Å². The Hall–Kier alpha value is -1.20. The van der Waals surface area contributed by atoms with E-state index in [1.807, 2.05) is 30.0 Å². The summed E-state index contributed by atoms with van der Waals surface area (Å²) in [6.07, 6.45) is 1.25. The summed E-state index contributed by atoms with van der Waals surface area (Å²) in [4.78, 5) is 13.9. The number of hydrogen-bond acceptors (Lipinski definition) is 3. The molecule has 0 bridgehead atoms. The van der Waals surface area contributed by atoms with Gasteiger partial charge in [-0.3, -0.25) is 0 Å². The molecule has 1 aliphatic heterocycles. The number of nitrogens with zero attached hydrogens (tertiary/aromatic N) is 1. The molecule has 1 unspecified atom stereocenters. The lowest BCUT2D eigenvalue weighted by Gasteiger charge is -2.30. The molecule has 21 heavy (non-hydrogen) atoms. The monoisotopic (exact) mass is 308 g/mol. The van der Waals surface area contributed by atoms with Crippen molar-refractivity contribution in [3.05, 3.63) is 29.8 Å². The number of rotatable bonds is 4. The van der Waals surface area contributed by atoms with Gasteiger partial charge < -0.3 is 15.3 Å². The minimum atomic E-state index is -0.390. The number of aliphatic hydroxyl groups is 1. The van der Waals surface area contributed by atoms with Crippen molar-refractivity contribution in [2.24, 2.45) is 0 Å². The number of aliphatic hydroxyl groups excluding tert-OH is 1. The van der Waals surface area contributed by atoms with E-state index >= 15 is 0 Å². The highest BCUT2D eigenvalue weighted by atomic mass is 32.2. The minimum Gasteiger partial charge on any atom is -0.391 e. The Kier molecular flexibility index (Phi) is 5.94. The summed E-state index contributed by atoms with van der Waals surface area (Å²) in [5.41, 5.74) is 2.03. The first-order valence-corrected chi connectivity index (χ1v) is 8.54. The number of hydrogen-bond donors (Lipinski definition) is 2. The summed E-state index contributed by atoms with van der Waals surface area (Å²) in [6.45, 7) is 5.50. The maximum Gasteiger partial charge on any atom is 0.321 e. The molecular formula is C16H24N2O2S. The number of carbonyl (C=O) groups excluding carboxylic acids is 1. The number of benzene rings is 1. The van der Waals surface area contributed by atoms with Gasteiger partial charge in [0.15, 0.2) is 0 Å². The Morgan fingerprint density at radius 1 is 1.52 bits per heavy atom. The van der Waals surface area contributed by atoms with Gasteiger partial charge >= 0.3 is 6.03 Å². The van der Waals surface area contributed by atoms with Crippen LogP contribution in [-0.4, -0.2) is 40.5 Å². The van der Waals surface area contributed by atoms with Crippen molar-refractivity contribution < 1.29 is 9.90 Å². The number of piperidine rings is 1. The highest BCUT2D eigenvalue weighted by molar-refractivity contribution is 7.99. The third-order valence-electron chi connectivity index (χ3n) is 3.45. The number of likely N-dealkylation sites (tertiary alicyclic amines) is 1. The number of nitrogens with one attached hydrogen (secondary N) is 1. The van der Waals surface area contributed by atoms with Crippen molar-refractivity contribution in [3.63, 3.8) is 0 Å². The molecule has 1 aromatic carbocycles. The van der Waals surface area contributed by atoms with Gasteiger partial charge in [0.1, 0.15) is 0 Å². The second-order valence-corrected chi connectivity index (χ2v) is 7.30. The summed E-state index contributed by atoms with van der Waals surface area (Å²) in [5, 5.41) is 13.2. The zero-order valence-electron chi connectivity index (χ0n) is 12.7. The van der Waals surface area contributed by atoms with E-state index in [9.17, 15) is 9.90 Å². The van der Waals surface area contributed by atoms with Gasteiger partial charge in [0.2, 0.25) is 0 Å². The Morgan fingerprint density at radius 2 is 2.33 bits per heavy atom. The molecule has 0 saturated carbocycles. The summed E-state index contributed by atoms with van der Waals surface area (Å²) in [6, 6.07) is 7.85. The van der Waals surface area contributed by atoms with E-state index in [0.29, 0.717) is 18.3 Å². The van der Waals surface area contributed by atoms with Crippen molar-refractivity contribution in [2.75, 3.05) is 18.4 Å². The first-order valence-electron chi connectivity index (χ1n) is 7.49. The molecule has 116 valence electrons. The number of urea groups is 1. The fraction of sp³-hybridized carbons (Fsp3) is 0.562. The SMILES string of the molecule is CC(C)SCc1cccc(NC(=O)N2CCCC(O)C2)c1. The molecule has 2 N–H and O–H groups in total. The van der Waals surface area contributed by atoms with Crippen LogP contribution in [0.15, 0.2) is 24.3 Å². The van der Waals surface area contributed by atoms with Crippen LogP contribution in [0.1, 0.15) is 32.3 Å². The maximum atomic E-state index is 12.2. The third kappa shape index (κ3) is 5.25. The molecule has 1 heterocycles. The molecule has 2 amide bonds. The van der Waals surface area contributed by atoms with Gasteiger partial charge in [-0.25, -0.2) is 4.79 Å². The number of carbonyl (C=O) groups is 1. The molecule has 1 atom stereocenters. The minimum absolute atomic E-state index is 0.123. The zero-order valence-corrected chi connectivity index (χ0v) is 13.5. The normalized spacial score (nSPS) is 18.9. The van der Waals surface area contributed by atoms with Crippen molar-refractivity contribution >= 4 is 23.5 Å². The quantitative estimate of drug-likeness (QED) is 0.897. The Labute approximate surface area is 130 Å². The predicted molar refractivity (Wildman–Crippen MR) is 88.7 cm³/mol. The van der Waals surface area contributed by atoms with Crippen LogP contribution in [0.2, 0.25) is 0 Å². The molecule has 1 aliphatic rings.